The maximum atomic E-state index is 12.2. The van der Waals surface area contributed by atoms with Crippen molar-refractivity contribution in [2.45, 2.75) is 40.2 Å². The summed E-state index contributed by atoms with van der Waals surface area (Å²) in [6.45, 7) is 7.77. The van der Waals surface area contributed by atoms with Gasteiger partial charge in [0, 0.05) is 23.2 Å². The van der Waals surface area contributed by atoms with E-state index in [9.17, 15) is 14.4 Å². The van der Waals surface area contributed by atoms with Crippen LogP contribution in [0.5, 0.6) is 5.75 Å². The summed E-state index contributed by atoms with van der Waals surface area (Å²) >= 11 is 0. The fourth-order valence-electron chi connectivity index (χ4n) is 2.50. The largest absolute Gasteiger partial charge is 0.491 e. The van der Waals surface area contributed by atoms with Gasteiger partial charge < -0.3 is 10.1 Å². The fraction of sp³-hybridized carbons (Fsp3) is 0.318. The molecule has 2 aromatic rings. The second-order valence-electron chi connectivity index (χ2n) is 7.32. The number of rotatable bonds is 7. The van der Waals surface area contributed by atoms with Crippen LogP contribution >= 0.6 is 0 Å². The predicted molar refractivity (Wildman–Crippen MR) is 112 cm³/mol. The summed E-state index contributed by atoms with van der Waals surface area (Å²) in [6, 6.07) is 13.1. The normalized spacial score (nSPS) is 10.6. The SMILES string of the molecule is CC(C)CC(=O)Nc1ccc(C(=O)NNC(=O)c2ccc(OC(C)C)cc2)cc1. The highest BCUT2D eigenvalue weighted by Gasteiger charge is 2.10. The second kappa shape index (κ2) is 10.3. The summed E-state index contributed by atoms with van der Waals surface area (Å²) in [5.74, 6) is -0.0387. The van der Waals surface area contributed by atoms with E-state index in [-0.39, 0.29) is 17.9 Å². The van der Waals surface area contributed by atoms with Crippen molar-refractivity contribution in [3.8, 4) is 5.75 Å². The molecule has 0 aliphatic heterocycles. The van der Waals surface area contributed by atoms with Crippen LogP contribution in [0, 0.1) is 5.92 Å². The number of anilines is 1. The number of hydrogen-bond donors (Lipinski definition) is 3. The number of hydrazine groups is 1. The van der Waals surface area contributed by atoms with Crippen molar-refractivity contribution < 1.29 is 19.1 Å². The van der Waals surface area contributed by atoms with E-state index >= 15 is 0 Å². The maximum absolute atomic E-state index is 12.2. The van der Waals surface area contributed by atoms with Gasteiger partial charge in [-0.2, -0.15) is 0 Å². The minimum atomic E-state index is -0.460. The van der Waals surface area contributed by atoms with Crippen LogP contribution in [0.4, 0.5) is 5.69 Å². The Balaban J connectivity index is 1.86. The summed E-state index contributed by atoms with van der Waals surface area (Å²) in [5.41, 5.74) is 6.11. The third-order valence-corrected chi connectivity index (χ3v) is 3.80. The van der Waals surface area contributed by atoms with E-state index in [1.807, 2.05) is 27.7 Å². The van der Waals surface area contributed by atoms with E-state index < -0.39 is 11.8 Å². The van der Waals surface area contributed by atoms with Gasteiger partial charge in [0.15, 0.2) is 0 Å². The Morgan fingerprint density at radius 2 is 1.28 bits per heavy atom. The van der Waals surface area contributed by atoms with Gasteiger partial charge in [-0.05, 0) is 68.3 Å². The predicted octanol–water partition coefficient (Wildman–Crippen LogP) is 3.53. The Hall–Kier alpha value is -3.35. The summed E-state index contributed by atoms with van der Waals surface area (Å²) in [5, 5.41) is 2.78. The smallest absolute Gasteiger partial charge is 0.269 e. The molecule has 29 heavy (non-hydrogen) atoms. The van der Waals surface area contributed by atoms with Crippen LogP contribution in [0.1, 0.15) is 54.8 Å². The van der Waals surface area contributed by atoms with Gasteiger partial charge in [0.05, 0.1) is 6.10 Å². The summed E-state index contributed by atoms with van der Waals surface area (Å²) < 4.78 is 5.53. The molecule has 0 unspecified atom stereocenters. The number of nitrogens with one attached hydrogen (secondary N) is 3. The monoisotopic (exact) mass is 397 g/mol. The lowest BCUT2D eigenvalue weighted by atomic mass is 10.1. The molecule has 0 fully saturated rings. The molecule has 3 amide bonds. The number of carbonyl (C=O) groups excluding carboxylic acids is 3. The van der Waals surface area contributed by atoms with E-state index in [0.717, 1.165) is 0 Å². The molecule has 0 aliphatic rings. The maximum Gasteiger partial charge on any atom is 0.269 e. The molecule has 0 saturated heterocycles. The Kier molecular flexibility index (Phi) is 7.77. The first-order valence-electron chi connectivity index (χ1n) is 9.52. The zero-order chi connectivity index (χ0) is 21.4. The molecule has 154 valence electrons. The van der Waals surface area contributed by atoms with Crippen LogP contribution in [0.2, 0.25) is 0 Å². The van der Waals surface area contributed by atoms with E-state index in [1.54, 1.807) is 48.5 Å². The number of carbonyl (C=O) groups is 3. The van der Waals surface area contributed by atoms with E-state index in [2.05, 4.69) is 16.2 Å². The Morgan fingerprint density at radius 3 is 1.72 bits per heavy atom. The highest BCUT2D eigenvalue weighted by molar-refractivity contribution is 5.99. The van der Waals surface area contributed by atoms with E-state index in [1.165, 1.54) is 0 Å². The van der Waals surface area contributed by atoms with Gasteiger partial charge >= 0.3 is 0 Å². The molecule has 0 saturated carbocycles. The van der Waals surface area contributed by atoms with Crippen LogP contribution in [0.15, 0.2) is 48.5 Å². The number of benzene rings is 2. The summed E-state index contributed by atoms with van der Waals surface area (Å²) in [4.78, 5) is 36.1. The van der Waals surface area contributed by atoms with Crippen LogP contribution in [0.3, 0.4) is 0 Å². The second-order valence-corrected chi connectivity index (χ2v) is 7.32. The molecular weight excluding hydrogens is 370 g/mol. The molecule has 0 spiro atoms. The zero-order valence-electron chi connectivity index (χ0n) is 17.1. The van der Waals surface area contributed by atoms with Crippen LogP contribution in [0.25, 0.3) is 0 Å². The Bertz CT molecular complexity index is 843. The molecule has 0 radical (unpaired) electrons. The zero-order valence-corrected chi connectivity index (χ0v) is 17.1. The van der Waals surface area contributed by atoms with Gasteiger partial charge in [-0.3, -0.25) is 25.2 Å². The number of hydrogen-bond acceptors (Lipinski definition) is 4. The molecule has 2 aromatic carbocycles. The highest BCUT2D eigenvalue weighted by Crippen LogP contribution is 2.14. The number of amides is 3. The van der Waals surface area contributed by atoms with Gasteiger partial charge in [0.2, 0.25) is 5.91 Å². The van der Waals surface area contributed by atoms with Crippen molar-refractivity contribution in [2.24, 2.45) is 5.92 Å². The minimum Gasteiger partial charge on any atom is -0.491 e. The molecular formula is C22H27N3O4. The third-order valence-electron chi connectivity index (χ3n) is 3.80. The van der Waals surface area contributed by atoms with Gasteiger partial charge in [0.1, 0.15) is 5.75 Å². The van der Waals surface area contributed by atoms with Crippen molar-refractivity contribution in [2.75, 3.05) is 5.32 Å². The Labute approximate surface area is 170 Å². The first kappa shape index (κ1) is 21.9. The minimum absolute atomic E-state index is 0.0453. The van der Waals surface area contributed by atoms with Gasteiger partial charge in [-0.15, -0.1) is 0 Å². The summed E-state index contributed by atoms with van der Waals surface area (Å²) in [7, 11) is 0. The average molecular weight is 397 g/mol. The van der Waals surface area contributed by atoms with Crippen molar-refractivity contribution in [1.29, 1.82) is 0 Å². The lowest BCUT2D eigenvalue weighted by Gasteiger charge is -2.11. The first-order valence-corrected chi connectivity index (χ1v) is 9.52. The molecule has 0 bridgehead atoms. The standard InChI is InChI=1S/C22H27N3O4/c1-14(2)13-20(26)23-18-9-5-16(6-10-18)21(27)24-25-22(28)17-7-11-19(12-8-17)29-15(3)4/h5-12,14-15H,13H2,1-4H3,(H,23,26)(H,24,27)(H,25,28). The molecule has 3 N–H and O–H groups in total. The summed E-state index contributed by atoms with van der Waals surface area (Å²) in [6.07, 6.45) is 0.475. The van der Waals surface area contributed by atoms with Crippen molar-refractivity contribution in [3.05, 3.63) is 59.7 Å². The third kappa shape index (κ3) is 7.29. The molecule has 0 aromatic heterocycles. The molecule has 7 heteroatoms. The lowest BCUT2D eigenvalue weighted by Crippen LogP contribution is -2.41. The fourth-order valence-corrected chi connectivity index (χ4v) is 2.50. The molecule has 0 aliphatic carbocycles. The number of ether oxygens (including phenoxy) is 1. The quantitative estimate of drug-likeness (QED) is 0.623. The van der Waals surface area contributed by atoms with E-state index in [0.29, 0.717) is 29.0 Å². The molecule has 0 heterocycles. The van der Waals surface area contributed by atoms with Gasteiger partial charge in [0.25, 0.3) is 11.8 Å². The van der Waals surface area contributed by atoms with Crippen molar-refractivity contribution in [3.63, 3.8) is 0 Å². The lowest BCUT2D eigenvalue weighted by molar-refractivity contribution is -0.116. The van der Waals surface area contributed by atoms with Gasteiger partial charge in [-0.1, -0.05) is 13.8 Å². The molecule has 7 nitrogen and oxygen atoms in total. The highest BCUT2D eigenvalue weighted by atomic mass is 16.5. The van der Waals surface area contributed by atoms with Crippen molar-refractivity contribution in [1.82, 2.24) is 10.9 Å². The Morgan fingerprint density at radius 1 is 0.793 bits per heavy atom. The van der Waals surface area contributed by atoms with Crippen LogP contribution in [-0.4, -0.2) is 23.8 Å². The van der Waals surface area contributed by atoms with Crippen molar-refractivity contribution >= 4 is 23.4 Å². The molecule has 2 rings (SSSR count). The topological polar surface area (TPSA) is 96.5 Å². The first-order chi connectivity index (χ1) is 13.7. The molecule has 0 atom stereocenters. The van der Waals surface area contributed by atoms with Gasteiger partial charge in [-0.25, -0.2) is 0 Å². The van der Waals surface area contributed by atoms with Crippen LogP contribution < -0.4 is 20.9 Å². The van der Waals surface area contributed by atoms with Crippen LogP contribution in [-0.2, 0) is 4.79 Å². The van der Waals surface area contributed by atoms with E-state index in [4.69, 9.17) is 4.74 Å². The average Bonchev–Trinajstić information content (AvgIpc) is 2.66.